The molecule has 1 rings (SSSR count). The van der Waals surface area contributed by atoms with E-state index in [0.717, 1.165) is 6.54 Å². The van der Waals surface area contributed by atoms with Gasteiger partial charge in [-0.15, -0.1) is 0 Å². The van der Waals surface area contributed by atoms with Gasteiger partial charge in [-0.2, -0.15) is 0 Å². The summed E-state index contributed by atoms with van der Waals surface area (Å²) in [6, 6.07) is 1.18. The number of methoxy groups -OCH3 is 1. The molecule has 4 heteroatoms. The molecule has 0 aromatic rings. The zero-order valence-electron chi connectivity index (χ0n) is 13.1. The normalized spacial score (nSPS) is 25.3. The molecule has 4 nitrogen and oxygen atoms in total. The van der Waals surface area contributed by atoms with Crippen molar-refractivity contribution in [2.24, 2.45) is 0 Å². The first-order chi connectivity index (χ1) is 8.94. The van der Waals surface area contributed by atoms with Crippen molar-refractivity contribution < 1.29 is 9.84 Å². The predicted octanol–water partition coefficient (Wildman–Crippen LogP) is 1.63. The summed E-state index contributed by atoms with van der Waals surface area (Å²) in [7, 11) is 1.68. The van der Waals surface area contributed by atoms with Gasteiger partial charge in [0.2, 0.25) is 0 Å². The maximum atomic E-state index is 10.2. The Morgan fingerprint density at radius 1 is 1.37 bits per heavy atom. The molecule has 0 spiro atoms. The number of hydrogen-bond acceptors (Lipinski definition) is 4. The molecule has 2 N–H and O–H groups in total. The number of likely N-dealkylation sites (tertiary alicyclic amines) is 1. The van der Waals surface area contributed by atoms with Crippen LogP contribution < -0.4 is 5.32 Å². The Kier molecular flexibility index (Phi) is 7.29. The van der Waals surface area contributed by atoms with Gasteiger partial charge in [-0.1, -0.05) is 0 Å². The van der Waals surface area contributed by atoms with Crippen LogP contribution in [0.5, 0.6) is 0 Å². The number of ether oxygens (including phenoxy) is 1. The van der Waals surface area contributed by atoms with Crippen LogP contribution in [0.4, 0.5) is 0 Å². The Morgan fingerprint density at radius 2 is 2.11 bits per heavy atom. The van der Waals surface area contributed by atoms with Crippen LogP contribution in [0.1, 0.15) is 46.5 Å². The van der Waals surface area contributed by atoms with E-state index in [4.69, 9.17) is 4.74 Å². The van der Waals surface area contributed by atoms with Gasteiger partial charge in [-0.25, -0.2) is 0 Å². The molecule has 0 aliphatic carbocycles. The summed E-state index contributed by atoms with van der Waals surface area (Å²) < 4.78 is 5.04. The first kappa shape index (κ1) is 16.9. The lowest BCUT2D eigenvalue weighted by molar-refractivity contribution is 0.0223. The topological polar surface area (TPSA) is 44.7 Å². The van der Waals surface area contributed by atoms with Crippen molar-refractivity contribution in [2.45, 2.75) is 64.1 Å². The summed E-state index contributed by atoms with van der Waals surface area (Å²) in [6.45, 7) is 10.1. The fourth-order valence-corrected chi connectivity index (χ4v) is 2.61. The fourth-order valence-electron chi connectivity index (χ4n) is 2.61. The minimum atomic E-state index is -0.667. The van der Waals surface area contributed by atoms with Crippen LogP contribution in [0.2, 0.25) is 0 Å². The monoisotopic (exact) mass is 272 g/mol. The lowest BCUT2D eigenvalue weighted by Gasteiger charge is -2.27. The van der Waals surface area contributed by atoms with E-state index in [1.165, 1.54) is 25.8 Å². The molecule has 1 fully saturated rings. The van der Waals surface area contributed by atoms with E-state index >= 15 is 0 Å². The standard InChI is InChI=1S/C15H32N2O2/c1-13(2)17-9-5-6-14(7-10-17)16-12-15(3,18)8-11-19-4/h13-14,16,18H,5-12H2,1-4H3. The molecule has 0 aromatic heterocycles. The molecular weight excluding hydrogens is 240 g/mol. The minimum Gasteiger partial charge on any atom is -0.389 e. The molecule has 2 atom stereocenters. The Balaban J connectivity index is 2.29. The van der Waals surface area contributed by atoms with E-state index in [-0.39, 0.29) is 0 Å². The third kappa shape index (κ3) is 6.70. The molecule has 1 saturated heterocycles. The smallest absolute Gasteiger partial charge is 0.0765 e. The third-order valence-electron chi connectivity index (χ3n) is 4.11. The second-order valence-electron chi connectivity index (χ2n) is 6.38. The fraction of sp³-hybridized carbons (Fsp3) is 1.00. The van der Waals surface area contributed by atoms with E-state index in [9.17, 15) is 5.11 Å². The summed E-state index contributed by atoms with van der Waals surface area (Å²) in [5.74, 6) is 0. The van der Waals surface area contributed by atoms with Crippen LogP contribution in [0, 0.1) is 0 Å². The van der Waals surface area contributed by atoms with E-state index in [2.05, 4.69) is 24.1 Å². The minimum absolute atomic E-state index is 0.540. The van der Waals surface area contributed by atoms with Gasteiger partial charge in [0.1, 0.15) is 0 Å². The van der Waals surface area contributed by atoms with Gasteiger partial charge in [0.15, 0.2) is 0 Å². The largest absolute Gasteiger partial charge is 0.389 e. The molecule has 2 unspecified atom stereocenters. The molecule has 1 aliphatic heterocycles. The lowest BCUT2D eigenvalue weighted by atomic mass is 10.0. The first-order valence-electron chi connectivity index (χ1n) is 7.63. The molecule has 1 aliphatic rings. The molecule has 19 heavy (non-hydrogen) atoms. The van der Waals surface area contributed by atoms with Crippen molar-refractivity contribution in [3.8, 4) is 0 Å². The first-order valence-corrected chi connectivity index (χ1v) is 7.63. The molecule has 0 aromatic carbocycles. The highest BCUT2D eigenvalue weighted by Gasteiger charge is 2.23. The van der Waals surface area contributed by atoms with Gasteiger partial charge in [0.05, 0.1) is 5.60 Å². The number of hydrogen-bond donors (Lipinski definition) is 2. The Labute approximate surface area is 118 Å². The second-order valence-corrected chi connectivity index (χ2v) is 6.38. The quantitative estimate of drug-likeness (QED) is 0.739. The van der Waals surface area contributed by atoms with Gasteiger partial charge in [0.25, 0.3) is 0 Å². The van der Waals surface area contributed by atoms with Crippen LogP contribution in [-0.4, -0.2) is 61.0 Å². The molecule has 0 bridgehead atoms. The zero-order valence-corrected chi connectivity index (χ0v) is 13.1. The second kappa shape index (κ2) is 8.20. The van der Waals surface area contributed by atoms with E-state index in [1.807, 2.05) is 6.92 Å². The van der Waals surface area contributed by atoms with Crippen LogP contribution in [-0.2, 0) is 4.74 Å². The average Bonchev–Trinajstić information content (AvgIpc) is 2.59. The molecular formula is C15H32N2O2. The van der Waals surface area contributed by atoms with Gasteiger partial charge in [-0.05, 0) is 53.1 Å². The lowest BCUT2D eigenvalue weighted by Crippen LogP contribution is -2.43. The highest BCUT2D eigenvalue weighted by molar-refractivity contribution is 4.81. The molecule has 0 amide bonds. The van der Waals surface area contributed by atoms with Crippen molar-refractivity contribution in [3.05, 3.63) is 0 Å². The van der Waals surface area contributed by atoms with E-state index < -0.39 is 5.60 Å². The van der Waals surface area contributed by atoms with Crippen LogP contribution in [0.3, 0.4) is 0 Å². The molecule has 1 heterocycles. The number of nitrogens with zero attached hydrogens (tertiary/aromatic N) is 1. The zero-order chi connectivity index (χ0) is 14.3. The Bertz CT molecular complexity index is 244. The maximum absolute atomic E-state index is 10.2. The van der Waals surface area contributed by atoms with Gasteiger partial charge < -0.3 is 20.1 Å². The highest BCUT2D eigenvalue weighted by atomic mass is 16.5. The highest BCUT2D eigenvalue weighted by Crippen LogP contribution is 2.15. The Morgan fingerprint density at radius 3 is 2.74 bits per heavy atom. The third-order valence-corrected chi connectivity index (χ3v) is 4.11. The van der Waals surface area contributed by atoms with Gasteiger partial charge in [-0.3, -0.25) is 0 Å². The molecule has 0 radical (unpaired) electrons. The number of nitrogens with one attached hydrogen (secondary N) is 1. The number of aliphatic hydroxyl groups is 1. The van der Waals surface area contributed by atoms with E-state index in [1.54, 1.807) is 7.11 Å². The summed E-state index contributed by atoms with van der Waals surface area (Å²) in [6.07, 6.45) is 4.32. The predicted molar refractivity (Wildman–Crippen MR) is 79.5 cm³/mol. The van der Waals surface area contributed by atoms with Crippen molar-refractivity contribution in [1.82, 2.24) is 10.2 Å². The summed E-state index contributed by atoms with van der Waals surface area (Å²) >= 11 is 0. The van der Waals surface area contributed by atoms with Crippen LogP contribution in [0.15, 0.2) is 0 Å². The SMILES string of the molecule is COCCC(C)(O)CNC1CCCN(C(C)C)CC1. The summed E-state index contributed by atoms with van der Waals surface area (Å²) in [4.78, 5) is 2.55. The van der Waals surface area contributed by atoms with Crippen molar-refractivity contribution in [1.29, 1.82) is 0 Å². The van der Waals surface area contributed by atoms with Crippen LogP contribution >= 0.6 is 0 Å². The van der Waals surface area contributed by atoms with Crippen molar-refractivity contribution in [2.75, 3.05) is 33.4 Å². The maximum Gasteiger partial charge on any atom is 0.0765 e. The Hall–Kier alpha value is -0.160. The van der Waals surface area contributed by atoms with Crippen molar-refractivity contribution in [3.63, 3.8) is 0 Å². The summed E-state index contributed by atoms with van der Waals surface area (Å²) in [5.41, 5.74) is -0.667. The van der Waals surface area contributed by atoms with E-state index in [0.29, 0.717) is 31.7 Å². The van der Waals surface area contributed by atoms with Gasteiger partial charge in [0, 0.05) is 38.8 Å². The van der Waals surface area contributed by atoms with Crippen LogP contribution in [0.25, 0.3) is 0 Å². The molecule has 114 valence electrons. The van der Waals surface area contributed by atoms with Gasteiger partial charge >= 0.3 is 0 Å². The van der Waals surface area contributed by atoms with Crippen molar-refractivity contribution >= 4 is 0 Å². The average molecular weight is 272 g/mol. The summed E-state index contributed by atoms with van der Waals surface area (Å²) in [5, 5.41) is 13.8. The number of rotatable bonds is 7. The molecule has 0 saturated carbocycles.